The summed E-state index contributed by atoms with van der Waals surface area (Å²) in [7, 11) is 0. The SMILES string of the molecule is CC(C)(C=CC=O)COCc1ccc(F)c(Oc2ccccc2)c1. The van der Waals surface area contributed by atoms with Gasteiger partial charge in [-0.1, -0.05) is 44.2 Å². The summed E-state index contributed by atoms with van der Waals surface area (Å²) in [6.07, 6.45) is 4.01. The maximum Gasteiger partial charge on any atom is 0.165 e. The lowest BCUT2D eigenvalue weighted by Crippen LogP contribution is -2.16. The number of hydrogen-bond donors (Lipinski definition) is 0. The minimum atomic E-state index is -0.420. The van der Waals surface area contributed by atoms with Gasteiger partial charge < -0.3 is 9.47 Å². The van der Waals surface area contributed by atoms with Gasteiger partial charge in [0.2, 0.25) is 0 Å². The van der Waals surface area contributed by atoms with Crippen LogP contribution in [0.1, 0.15) is 19.4 Å². The van der Waals surface area contributed by atoms with Gasteiger partial charge in [0.05, 0.1) is 13.2 Å². The summed E-state index contributed by atoms with van der Waals surface area (Å²) in [5.74, 6) is 0.328. The predicted molar refractivity (Wildman–Crippen MR) is 91.6 cm³/mol. The molecule has 2 aromatic carbocycles. The molecule has 0 aromatic heterocycles. The highest BCUT2D eigenvalue weighted by Crippen LogP contribution is 2.26. The van der Waals surface area contributed by atoms with Crippen molar-refractivity contribution in [1.29, 1.82) is 0 Å². The molecule has 0 aliphatic carbocycles. The van der Waals surface area contributed by atoms with Crippen molar-refractivity contribution < 1.29 is 18.7 Å². The first-order valence-electron chi connectivity index (χ1n) is 7.72. The molecule has 2 rings (SSSR count). The van der Waals surface area contributed by atoms with Gasteiger partial charge in [-0.3, -0.25) is 4.79 Å². The quantitative estimate of drug-likeness (QED) is 0.510. The zero-order valence-electron chi connectivity index (χ0n) is 13.9. The monoisotopic (exact) mass is 328 g/mol. The van der Waals surface area contributed by atoms with Crippen molar-refractivity contribution in [2.75, 3.05) is 6.61 Å². The van der Waals surface area contributed by atoms with Crippen molar-refractivity contribution in [2.24, 2.45) is 5.41 Å². The van der Waals surface area contributed by atoms with Crippen LogP contribution in [0.2, 0.25) is 0 Å². The molecule has 0 aliphatic rings. The summed E-state index contributed by atoms with van der Waals surface area (Å²) in [4.78, 5) is 10.4. The summed E-state index contributed by atoms with van der Waals surface area (Å²) in [6, 6.07) is 13.7. The molecule has 4 heteroatoms. The minimum absolute atomic E-state index is 0.169. The van der Waals surface area contributed by atoms with Crippen molar-refractivity contribution in [3.63, 3.8) is 0 Å². The predicted octanol–water partition coefficient (Wildman–Crippen LogP) is 4.92. The van der Waals surface area contributed by atoms with Crippen LogP contribution in [0.4, 0.5) is 4.39 Å². The lowest BCUT2D eigenvalue weighted by molar-refractivity contribution is -0.104. The zero-order chi connectivity index (χ0) is 17.4. The Morgan fingerprint density at radius 2 is 1.88 bits per heavy atom. The fourth-order valence-electron chi connectivity index (χ4n) is 2.11. The van der Waals surface area contributed by atoms with E-state index in [0.717, 1.165) is 11.8 Å². The third kappa shape index (κ3) is 5.63. The van der Waals surface area contributed by atoms with E-state index < -0.39 is 5.82 Å². The van der Waals surface area contributed by atoms with E-state index in [-0.39, 0.29) is 11.2 Å². The Hall–Kier alpha value is -2.46. The lowest BCUT2D eigenvalue weighted by Gasteiger charge is -2.20. The van der Waals surface area contributed by atoms with E-state index in [2.05, 4.69) is 0 Å². The fourth-order valence-corrected chi connectivity index (χ4v) is 2.11. The number of para-hydroxylation sites is 1. The van der Waals surface area contributed by atoms with E-state index in [9.17, 15) is 9.18 Å². The zero-order valence-corrected chi connectivity index (χ0v) is 13.9. The standard InChI is InChI=1S/C20H21FO3/c1-20(2,11-6-12-22)15-23-14-16-9-10-18(21)19(13-16)24-17-7-4-3-5-8-17/h3-13H,14-15H2,1-2H3. The molecule has 0 saturated carbocycles. The van der Waals surface area contributed by atoms with Gasteiger partial charge in [-0.15, -0.1) is 0 Å². The van der Waals surface area contributed by atoms with E-state index in [1.807, 2.05) is 32.0 Å². The van der Waals surface area contributed by atoms with Crippen LogP contribution in [0.3, 0.4) is 0 Å². The highest BCUT2D eigenvalue weighted by atomic mass is 19.1. The molecular weight excluding hydrogens is 307 g/mol. The van der Waals surface area contributed by atoms with E-state index in [1.54, 1.807) is 30.3 Å². The summed E-state index contributed by atoms with van der Waals surface area (Å²) < 4.78 is 25.1. The minimum Gasteiger partial charge on any atom is -0.454 e. The Labute approximate surface area is 141 Å². The fraction of sp³-hybridized carbons (Fsp3) is 0.250. The van der Waals surface area contributed by atoms with Crippen LogP contribution < -0.4 is 4.74 Å². The molecule has 0 N–H and O–H groups in total. The number of hydrogen-bond acceptors (Lipinski definition) is 3. The van der Waals surface area contributed by atoms with Crippen molar-refractivity contribution in [1.82, 2.24) is 0 Å². The number of rotatable bonds is 8. The van der Waals surface area contributed by atoms with Gasteiger partial charge in [0.1, 0.15) is 12.0 Å². The Morgan fingerprint density at radius 1 is 1.12 bits per heavy atom. The topological polar surface area (TPSA) is 35.5 Å². The van der Waals surface area contributed by atoms with Crippen molar-refractivity contribution in [3.8, 4) is 11.5 Å². The third-order valence-electron chi connectivity index (χ3n) is 3.34. The van der Waals surface area contributed by atoms with E-state index in [1.165, 1.54) is 12.1 Å². The number of aldehydes is 1. The molecule has 0 aliphatic heterocycles. The molecule has 0 atom stereocenters. The Bertz CT molecular complexity index is 693. The molecule has 0 amide bonds. The normalized spacial score (nSPS) is 11.6. The lowest BCUT2D eigenvalue weighted by atomic mass is 9.94. The van der Waals surface area contributed by atoms with Crippen LogP contribution in [0, 0.1) is 11.2 Å². The Kier molecular flexibility index (Phi) is 6.27. The van der Waals surface area contributed by atoms with Crippen LogP contribution in [0.5, 0.6) is 11.5 Å². The maximum atomic E-state index is 13.9. The second-order valence-electron chi connectivity index (χ2n) is 6.16. The smallest absolute Gasteiger partial charge is 0.165 e. The van der Waals surface area contributed by atoms with Crippen LogP contribution >= 0.6 is 0 Å². The van der Waals surface area contributed by atoms with Crippen LogP contribution in [0.25, 0.3) is 0 Å². The molecule has 0 saturated heterocycles. The first kappa shape index (κ1) is 17.9. The number of ether oxygens (including phenoxy) is 2. The molecule has 3 nitrogen and oxygen atoms in total. The van der Waals surface area contributed by atoms with Gasteiger partial charge in [-0.2, -0.15) is 0 Å². The molecule has 126 valence electrons. The van der Waals surface area contributed by atoms with Crippen LogP contribution in [-0.4, -0.2) is 12.9 Å². The molecule has 24 heavy (non-hydrogen) atoms. The summed E-state index contributed by atoms with van der Waals surface area (Å²) in [5, 5.41) is 0. The van der Waals surface area contributed by atoms with Crippen molar-refractivity contribution in [3.05, 3.63) is 72.1 Å². The van der Waals surface area contributed by atoms with Gasteiger partial charge in [0, 0.05) is 5.41 Å². The second kappa shape index (κ2) is 8.41. The Morgan fingerprint density at radius 3 is 2.58 bits per heavy atom. The summed E-state index contributed by atoms with van der Waals surface area (Å²) >= 11 is 0. The van der Waals surface area contributed by atoms with Crippen molar-refractivity contribution in [2.45, 2.75) is 20.5 Å². The number of carbonyl (C=O) groups is 1. The van der Waals surface area contributed by atoms with E-state index in [0.29, 0.717) is 19.0 Å². The van der Waals surface area contributed by atoms with Crippen molar-refractivity contribution >= 4 is 6.29 Å². The molecular formula is C20H21FO3. The maximum absolute atomic E-state index is 13.9. The molecule has 0 spiro atoms. The average Bonchev–Trinajstić information content (AvgIpc) is 2.57. The Balaban J connectivity index is 1.98. The van der Waals surface area contributed by atoms with Crippen LogP contribution in [-0.2, 0) is 16.1 Å². The van der Waals surface area contributed by atoms with Gasteiger partial charge in [0.25, 0.3) is 0 Å². The number of carbonyl (C=O) groups excluding carboxylic acids is 1. The van der Waals surface area contributed by atoms with E-state index in [4.69, 9.17) is 9.47 Å². The number of allylic oxidation sites excluding steroid dienone is 1. The average molecular weight is 328 g/mol. The van der Waals surface area contributed by atoms with Gasteiger partial charge in [0.15, 0.2) is 11.6 Å². The van der Waals surface area contributed by atoms with Crippen LogP contribution in [0.15, 0.2) is 60.7 Å². The second-order valence-corrected chi connectivity index (χ2v) is 6.16. The largest absolute Gasteiger partial charge is 0.454 e. The van der Waals surface area contributed by atoms with Gasteiger partial charge >= 0.3 is 0 Å². The third-order valence-corrected chi connectivity index (χ3v) is 3.34. The van der Waals surface area contributed by atoms with E-state index >= 15 is 0 Å². The number of benzene rings is 2. The first-order valence-corrected chi connectivity index (χ1v) is 7.72. The molecule has 0 bridgehead atoms. The first-order chi connectivity index (χ1) is 11.5. The molecule has 0 fully saturated rings. The number of halogens is 1. The summed E-state index contributed by atoms with van der Waals surface area (Å²) in [6.45, 7) is 4.73. The molecule has 0 heterocycles. The molecule has 2 aromatic rings. The highest BCUT2D eigenvalue weighted by molar-refractivity contribution is 5.64. The van der Waals surface area contributed by atoms with Gasteiger partial charge in [-0.05, 0) is 35.9 Å². The molecule has 0 radical (unpaired) electrons. The van der Waals surface area contributed by atoms with Gasteiger partial charge in [-0.25, -0.2) is 4.39 Å². The summed E-state index contributed by atoms with van der Waals surface area (Å²) in [5.41, 5.74) is 0.571. The molecule has 0 unspecified atom stereocenters. The highest BCUT2D eigenvalue weighted by Gasteiger charge is 2.14.